The van der Waals surface area contributed by atoms with Crippen LogP contribution < -0.4 is 0 Å². The maximum Gasteiger partial charge on any atom is 0.316 e. The average molecular weight is 541 g/mol. The molecule has 4 heterocycles. The molecule has 7 nitrogen and oxygen atoms in total. The molecule has 214 valence electrons. The lowest BCUT2D eigenvalue weighted by Gasteiger charge is -2.49. The van der Waals surface area contributed by atoms with E-state index in [1.165, 1.54) is 5.57 Å². The standard InChI is InChI=1S/C32H44O7/c1-6-27-21(4)12-13-31(39-27)17-25-16-24(38-31)11-10-20(3)14-19(2)8-7-9-23-18-36-29-28(33)22(5)15-26(30(34)37-25)32(23,29)35/h7-10,15,19,21,24-27,29,35H,6,11-14,16-18H2,1-5H3/b8-7+,20-10+,23-9+/t19-,21-,24+,25-,26+,27+,29+,31+,32+/m0/s1. The molecule has 5 aliphatic rings. The molecule has 0 radical (unpaired) electrons. The summed E-state index contributed by atoms with van der Waals surface area (Å²) < 4.78 is 25.3. The Morgan fingerprint density at radius 2 is 1.92 bits per heavy atom. The number of Topliss-reactive ketones (excluding diaryl/α,β-unsaturated/α-hetero) is 1. The number of fused-ring (bicyclic) bond motifs is 2. The Bertz CT molecular complexity index is 1100. The number of hydrogen-bond acceptors (Lipinski definition) is 7. The highest BCUT2D eigenvalue weighted by molar-refractivity contribution is 6.03. The van der Waals surface area contributed by atoms with Crippen LogP contribution in [0.1, 0.15) is 79.6 Å². The molecule has 0 aromatic rings. The summed E-state index contributed by atoms with van der Waals surface area (Å²) in [5.74, 6) is -1.95. The van der Waals surface area contributed by atoms with Gasteiger partial charge in [-0.25, -0.2) is 0 Å². The molecule has 5 rings (SSSR count). The van der Waals surface area contributed by atoms with Gasteiger partial charge in [-0.05, 0) is 62.5 Å². The highest BCUT2D eigenvalue weighted by atomic mass is 16.7. The summed E-state index contributed by atoms with van der Waals surface area (Å²) in [4.78, 5) is 26.8. The van der Waals surface area contributed by atoms with E-state index in [4.69, 9.17) is 18.9 Å². The molecular weight excluding hydrogens is 496 g/mol. The summed E-state index contributed by atoms with van der Waals surface area (Å²) in [5, 5.41) is 12.0. The van der Waals surface area contributed by atoms with E-state index in [-0.39, 0.29) is 30.5 Å². The fourth-order valence-electron chi connectivity index (χ4n) is 7.07. The molecule has 3 fully saturated rings. The predicted octanol–water partition coefficient (Wildman–Crippen LogP) is 5.13. The van der Waals surface area contributed by atoms with Gasteiger partial charge in [0.05, 0.1) is 18.8 Å². The van der Waals surface area contributed by atoms with E-state index >= 15 is 0 Å². The zero-order chi connectivity index (χ0) is 27.9. The number of ether oxygens (including phenoxy) is 4. The Balaban J connectivity index is 1.51. The van der Waals surface area contributed by atoms with Crippen LogP contribution in [0.5, 0.6) is 0 Å². The van der Waals surface area contributed by atoms with Gasteiger partial charge in [0.2, 0.25) is 0 Å². The Hall–Kier alpha value is -2.06. The Morgan fingerprint density at radius 3 is 2.69 bits per heavy atom. The van der Waals surface area contributed by atoms with Crippen molar-refractivity contribution in [3.8, 4) is 0 Å². The average Bonchev–Trinajstić information content (AvgIpc) is 3.23. The molecule has 4 aliphatic heterocycles. The SMILES string of the molecule is CC[C@H]1O[C@]2(CC[C@@H]1C)C[C@@H]1C[C@@H](C/C=C(\C)C[C@@H](C)/C=C/C=C3\CO[C@@H]4C(=O)C(C)=C[C@H](C(=O)O1)[C@]34O)O2. The van der Waals surface area contributed by atoms with Gasteiger partial charge in [-0.3, -0.25) is 9.59 Å². The summed E-state index contributed by atoms with van der Waals surface area (Å²) in [7, 11) is 0. The van der Waals surface area contributed by atoms with E-state index in [1.54, 1.807) is 19.1 Å². The van der Waals surface area contributed by atoms with E-state index in [0.717, 1.165) is 25.7 Å². The van der Waals surface area contributed by atoms with Gasteiger partial charge in [0.15, 0.2) is 17.7 Å². The smallest absolute Gasteiger partial charge is 0.316 e. The van der Waals surface area contributed by atoms with Gasteiger partial charge in [-0.15, -0.1) is 0 Å². The first kappa shape index (κ1) is 28.5. The lowest BCUT2D eigenvalue weighted by molar-refractivity contribution is -0.335. The van der Waals surface area contributed by atoms with Crippen LogP contribution >= 0.6 is 0 Å². The molecule has 7 heteroatoms. The second kappa shape index (κ2) is 11.1. The lowest BCUT2D eigenvalue weighted by atomic mass is 9.71. The zero-order valence-electron chi connectivity index (χ0n) is 24.0. The van der Waals surface area contributed by atoms with Crippen LogP contribution in [0, 0.1) is 17.8 Å². The van der Waals surface area contributed by atoms with E-state index in [9.17, 15) is 14.7 Å². The third kappa shape index (κ3) is 5.48. The maximum atomic E-state index is 13.8. The summed E-state index contributed by atoms with van der Waals surface area (Å²) in [6.07, 6.45) is 13.2. The minimum absolute atomic E-state index is 0.0857. The van der Waals surface area contributed by atoms with E-state index in [0.29, 0.717) is 36.3 Å². The molecule has 1 spiro atoms. The van der Waals surface area contributed by atoms with E-state index in [1.807, 2.05) is 6.08 Å². The van der Waals surface area contributed by atoms with Gasteiger partial charge in [0.1, 0.15) is 17.6 Å². The molecule has 1 N–H and O–H groups in total. The molecule has 9 atom stereocenters. The molecule has 2 bridgehead atoms. The van der Waals surface area contributed by atoms with Gasteiger partial charge in [-0.2, -0.15) is 0 Å². The lowest BCUT2D eigenvalue weighted by Crippen LogP contribution is -2.57. The van der Waals surface area contributed by atoms with Gasteiger partial charge < -0.3 is 24.1 Å². The predicted molar refractivity (Wildman–Crippen MR) is 147 cm³/mol. The largest absolute Gasteiger partial charge is 0.462 e. The normalized spacial score (nSPS) is 46.8. The third-order valence-corrected chi connectivity index (χ3v) is 9.31. The highest BCUT2D eigenvalue weighted by Gasteiger charge is 2.60. The fourth-order valence-corrected chi connectivity index (χ4v) is 7.07. The number of hydrogen-bond donors (Lipinski definition) is 1. The van der Waals surface area contributed by atoms with Crippen LogP contribution in [0.15, 0.2) is 47.1 Å². The van der Waals surface area contributed by atoms with Crippen molar-refractivity contribution in [2.24, 2.45) is 17.8 Å². The Morgan fingerprint density at radius 1 is 1.13 bits per heavy atom. The molecule has 39 heavy (non-hydrogen) atoms. The molecule has 0 aromatic heterocycles. The second-order valence-electron chi connectivity index (χ2n) is 12.5. The van der Waals surface area contributed by atoms with E-state index < -0.39 is 35.5 Å². The molecule has 1 aliphatic carbocycles. The Kier molecular flexibility index (Phi) is 8.08. The Labute approximate surface area is 232 Å². The van der Waals surface area contributed by atoms with Crippen LogP contribution in [-0.4, -0.2) is 59.3 Å². The zero-order valence-corrected chi connectivity index (χ0v) is 24.0. The van der Waals surface area contributed by atoms with Crippen molar-refractivity contribution in [1.29, 1.82) is 0 Å². The number of esters is 1. The summed E-state index contributed by atoms with van der Waals surface area (Å²) in [6.45, 7) is 10.4. The molecule has 3 saturated heterocycles. The quantitative estimate of drug-likeness (QED) is 0.364. The van der Waals surface area contributed by atoms with Gasteiger partial charge in [-0.1, -0.05) is 56.7 Å². The van der Waals surface area contributed by atoms with Crippen LogP contribution in [0.2, 0.25) is 0 Å². The number of ketones is 1. The van der Waals surface area contributed by atoms with Crippen LogP contribution in [0.25, 0.3) is 0 Å². The summed E-state index contributed by atoms with van der Waals surface area (Å²) >= 11 is 0. The van der Waals surface area contributed by atoms with Crippen molar-refractivity contribution in [2.75, 3.05) is 6.61 Å². The van der Waals surface area contributed by atoms with Gasteiger partial charge >= 0.3 is 5.97 Å². The number of allylic oxidation sites excluding steroid dienone is 4. The monoisotopic (exact) mass is 540 g/mol. The van der Waals surface area contributed by atoms with Gasteiger partial charge in [0, 0.05) is 19.3 Å². The first-order chi connectivity index (χ1) is 18.5. The fraction of sp³-hybridized carbons (Fsp3) is 0.688. The van der Waals surface area contributed by atoms with Crippen molar-refractivity contribution < 1.29 is 33.6 Å². The molecule has 0 unspecified atom stereocenters. The number of rotatable bonds is 1. The van der Waals surface area contributed by atoms with Crippen molar-refractivity contribution in [1.82, 2.24) is 0 Å². The molecule has 0 saturated carbocycles. The van der Waals surface area contributed by atoms with Crippen LogP contribution in [0.4, 0.5) is 0 Å². The van der Waals surface area contributed by atoms with Gasteiger partial charge in [0.25, 0.3) is 0 Å². The van der Waals surface area contributed by atoms with Crippen molar-refractivity contribution in [3.05, 3.63) is 47.1 Å². The highest BCUT2D eigenvalue weighted by Crippen LogP contribution is 2.46. The van der Waals surface area contributed by atoms with Crippen LogP contribution in [0.3, 0.4) is 0 Å². The molecule has 0 aromatic carbocycles. The molecular formula is C32H44O7. The number of aliphatic hydroxyl groups is 1. The van der Waals surface area contributed by atoms with Crippen molar-refractivity contribution in [3.63, 3.8) is 0 Å². The maximum absolute atomic E-state index is 13.8. The minimum atomic E-state index is -1.78. The summed E-state index contributed by atoms with van der Waals surface area (Å²) in [6, 6.07) is 0. The first-order valence-corrected chi connectivity index (χ1v) is 14.7. The van der Waals surface area contributed by atoms with Crippen LogP contribution in [-0.2, 0) is 28.5 Å². The molecule has 0 amide bonds. The number of carbonyl (C=O) groups is 2. The van der Waals surface area contributed by atoms with E-state index in [2.05, 4.69) is 39.8 Å². The summed E-state index contributed by atoms with van der Waals surface area (Å²) in [5.41, 5.74) is 0.421. The van der Waals surface area contributed by atoms with Crippen molar-refractivity contribution in [2.45, 2.75) is 115 Å². The van der Waals surface area contributed by atoms with Crippen molar-refractivity contribution >= 4 is 11.8 Å². The topological polar surface area (TPSA) is 91.3 Å². The minimum Gasteiger partial charge on any atom is -0.462 e. The number of carbonyl (C=O) groups excluding carboxylic acids is 2. The third-order valence-electron chi connectivity index (χ3n) is 9.31. The second-order valence-corrected chi connectivity index (χ2v) is 12.5. The first-order valence-electron chi connectivity index (χ1n) is 14.7.